The van der Waals surface area contributed by atoms with Crippen molar-refractivity contribution in [3.8, 4) is 0 Å². The van der Waals surface area contributed by atoms with Gasteiger partial charge in [-0.3, -0.25) is 24.5 Å². The Bertz CT molecular complexity index is 787. The molecule has 0 unspecified atom stereocenters. The molecule has 0 spiro atoms. The Morgan fingerprint density at radius 1 is 1.32 bits per heavy atom. The largest absolute Gasteiger partial charge is 0.462 e. The summed E-state index contributed by atoms with van der Waals surface area (Å²) < 4.78 is 10.4. The maximum absolute atomic E-state index is 12.4. The van der Waals surface area contributed by atoms with Gasteiger partial charge in [-0.05, 0) is 18.8 Å². The number of nitro benzene ring substituents is 1. The normalized spacial score (nSPS) is 31.7. The molecular weight excluding hydrogens is 330 g/mol. The zero-order valence-electron chi connectivity index (χ0n) is 13.1. The minimum Gasteiger partial charge on any atom is -0.462 e. The van der Waals surface area contributed by atoms with Gasteiger partial charge in [0.1, 0.15) is 6.10 Å². The van der Waals surface area contributed by atoms with Crippen LogP contribution in [0.2, 0.25) is 0 Å². The van der Waals surface area contributed by atoms with Crippen LogP contribution in [-0.2, 0) is 19.1 Å². The number of non-ortho nitro benzene ring substituents is 1. The number of carbonyl (C=O) groups excluding carboxylic acids is 3. The molecule has 1 saturated heterocycles. The van der Waals surface area contributed by atoms with E-state index in [1.807, 2.05) is 0 Å². The van der Waals surface area contributed by atoms with Gasteiger partial charge in [0.25, 0.3) is 5.69 Å². The summed E-state index contributed by atoms with van der Waals surface area (Å²) in [4.78, 5) is 46.6. The molecule has 3 aliphatic rings. The van der Waals surface area contributed by atoms with Crippen molar-refractivity contribution in [3.05, 3.63) is 39.9 Å². The van der Waals surface area contributed by atoms with Crippen LogP contribution >= 0.6 is 0 Å². The summed E-state index contributed by atoms with van der Waals surface area (Å²) in [6.07, 6.45) is 1.38. The maximum atomic E-state index is 12.4. The van der Waals surface area contributed by atoms with Crippen LogP contribution in [0.25, 0.3) is 0 Å². The molecule has 2 saturated carbocycles. The summed E-state index contributed by atoms with van der Waals surface area (Å²) in [5, 5.41) is 10.8. The Hall–Kier alpha value is -2.77. The number of nitrogens with zero attached hydrogens (tertiary/aromatic N) is 1. The number of esters is 2. The average molecular weight is 345 g/mol. The quantitative estimate of drug-likeness (QED) is 0.344. The third-order valence-corrected chi connectivity index (χ3v) is 5.48. The third kappa shape index (κ3) is 2.48. The van der Waals surface area contributed by atoms with Gasteiger partial charge in [0.2, 0.25) is 5.78 Å². The van der Waals surface area contributed by atoms with E-state index >= 15 is 0 Å². The third-order valence-electron chi connectivity index (χ3n) is 5.48. The lowest BCUT2D eigenvalue weighted by atomic mass is 9.80. The molecule has 0 N–H and O–H groups in total. The fraction of sp³-hybridized carbons (Fsp3) is 0.471. The SMILES string of the molecule is O=C(COC(=O)[C@H]1[C@@H]2C[C@@H]3[C@@H]1C(=O)O[C@@H]3C2)c1cccc([N+](=O)[O-])c1. The minimum atomic E-state index is -0.597. The fourth-order valence-corrected chi connectivity index (χ4v) is 4.43. The van der Waals surface area contributed by atoms with Gasteiger partial charge in [0, 0.05) is 23.6 Å². The molecule has 8 nitrogen and oxygen atoms in total. The Balaban J connectivity index is 1.41. The van der Waals surface area contributed by atoms with Gasteiger partial charge in [-0.25, -0.2) is 0 Å². The van der Waals surface area contributed by atoms with E-state index in [0.717, 1.165) is 12.5 Å². The standard InChI is InChI=1S/C17H15NO7/c19-12(8-2-1-3-10(4-8)18(22)23)7-24-16(20)14-9-5-11-13(6-9)25-17(21)15(11)14/h1-4,9,11,13-15H,5-7H2/t9-,11+,13-,14+,15+/m1/s1. The molecule has 4 rings (SSSR count). The second-order valence-electron chi connectivity index (χ2n) is 6.76. The second-order valence-corrected chi connectivity index (χ2v) is 6.76. The van der Waals surface area contributed by atoms with E-state index < -0.39 is 35.1 Å². The summed E-state index contributed by atoms with van der Waals surface area (Å²) in [7, 11) is 0. The van der Waals surface area contributed by atoms with E-state index in [4.69, 9.17) is 9.47 Å². The number of benzene rings is 1. The molecule has 1 aromatic rings. The number of ketones is 1. The number of carbonyl (C=O) groups is 3. The lowest BCUT2D eigenvalue weighted by Gasteiger charge is -2.22. The van der Waals surface area contributed by atoms with Crippen molar-refractivity contribution in [2.45, 2.75) is 18.9 Å². The average Bonchev–Trinajstić information content (AvgIpc) is 3.21. The Morgan fingerprint density at radius 3 is 2.88 bits per heavy atom. The van der Waals surface area contributed by atoms with Crippen LogP contribution in [0.5, 0.6) is 0 Å². The van der Waals surface area contributed by atoms with Gasteiger partial charge < -0.3 is 9.47 Å². The van der Waals surface area contributed by atoms with Crippen LogP contribution in [0, 0.1) is 33.8 Å². The number of rotatable bonds is 5. The molecule has 130 valence electrons. The Morgan fingerprint density at radius 2 is 2.12 bits per heavy atom. The van der Waals surface area contributed by atoms with Gasteiger partial charge in [-0.2, -0.15) is 0 Å². The number of Topliss-reactive ketones (excluding diaryl/α,β-unsaturated/α-hetero) is 1. The molecule has 2 bridgehead atoms. The maximum Gasteiger partial charge on any atom is 0.310 e. The first-order valence-electron chi connectivity index (χ1n) is 8.10. The summed E-state index contributed by atoms with van der Waals surface area (Å²) in [6.45, 7) is -0.501. The minimum absolute atomic E-state index is 0.0619. The van der Waals surface area contributed by atoms with E-state index in [9.17, 15) is 24.5 Å². The molecular formula is C17H15NO7. The number of ether oxygens (including phenoxy) is 2. The van der Waals surface area contributed by atoms with Crippen molar-refractivity contribution in [1.82, 2.24) is 0 Å². The fourth-order valence-electron chi connectivity index (χ4n) is 4.43. The number of hydrogen-bond donors (Lipinski definition) is 0. The monoisotopic (exact) mass is 345 g/mol. The second kappa shape index (κ2) is 5.65. The van der Waals surface area contributed by atoms with E-state index in [1.165, 1.54) is 18.2 Å². The van der Waals surface area contributed by atoms with Gasteiger partial charge in [-0.1, -0.05) is 12.1 Å². The molecule has 0 radical (unpaired) electrons. The first kappa shape index (κ1) is 15.7. The van der Waals surface area contributed by atoms with Crippen LogP contribution in [0.4, 0.5) is 5.69 Å². The zero-order valence-corrected chi connectivity index (χ0v) is 13.1. The van der Waals surface area contributed by atoms with Gasteiger partial charge in [0.15, 0.2) is 6.61 Å². The molecule has 1 aromatic carbocycles. The van der Waals surface area contributed by atoms with Gasteiger partial charge >= 0.3 is 11.9 Å². The molecule has 0 aromatic heterocycles. The zero-order chi connectivity index (χ0) is 17.7. The topological polar surface area (TPSA) is 113 Å². The van der Waals surface area contributed by atoms with Crippen molar-refractivity contribution in [2.24, 2.45) is 23.7 Å². The molecule has 1 heterocycles. The molecule has 3 fully saturated rings. The highest BCUT2D eigenvalue weighted by Crippen LogP contribution is 2.57. The van der Waals surface area contributed by atoms with E-state index in [-0.39, 0.29) is 35.2 Å². The van der Waals surface area contributed by atoms with Crippen LogP contribution in [0.3, 0.4) is 0 Å². The molecule has 2 aliphatic carbocycles. The lowest BCUT2D eigenvalue weighted by molar-refractivity contribution is -0.384. The lowest BCUT2D eigenvalue weighted by Crippen LogP contribution is -2.34. The predicted molar refractivity (Wildman–Crippen MR) is 81.5 cm³/mol. The number of fused-ring (bicyclic) bond motifs is 1. The van der Waals surface area contributed by atoms with Crippen LogP contribution < -0.4 is 0 Å². The molecule has 0 amide bonds. The van der Waals surface area contributed by atoms with Crippen molar-refractivity contribution in [1.29, 1.82) is 0 Å². The molecule has 5 atom stereocenters. The highest BCUT2D eigenvalue weighted by atomic mass is 16.6. The van der Waals surface area contributed by atoms with Crippen LogP contribution in [0.1, 0.15) is 23.2 Å². The van der Waals surface area contributed by atoms with E-state index in [0.29, 0.717) is 6.42 Å². The Kier molecular flexibility index (Phi) is 3.55. The molecule has 25 heavy (non-hydrogen) atoms. The molecule has 1 aliphatic heterocycles. The van der Waals surface area contributed by atoms with Gasteiger partial charge in [0.05, 0.1) is 16.8 Å². The van der Waals surface area contributed by atoms with Gasteiger partial charge in [-0.15, -0.1) is 0 Å². The van der Waals surface area contributed by atoms with E-state index in [2.05, 4.69) is 0 Å². The smallest absolute Gasteiger partial charge is 0.310 e. The number of nitro groups is 1. The van der Waals surface area contributed by atoms with Crippen molar-refractivity contribution < 1.29 is 28.8 Å². The van der Waals surface area contributed by atoms with Crippen molar-refractivity contribution >= 4 is 23.4 Å². The number of hydrogen-bond acceptors (Lipinski definition) is 7. The highest BCUT2D eigenvalue weighted by molar-refractivity contribution is 5.98. The first-order chi connectivity index (χ1) is 12.0. The van der Waals surface area contributed by atoms with Crippen molar-refractivity contribution in [3.63, 3.8) is 0 Å². The van der Waals surface area contributed by atoms with Crippen LogP contribution in [0.15, 0.2) is 24.3 Å². The summed E-state index contributed by atoms with van der Waals surface area (Å²) >= 11 is 0. The Labute approximate surface area is 142 Å². The molecule has 8 heteroatoms. The highest BCUT2D eigenvalue weighted by Gasteiger charge is 2.64. The van der Waals surface area contributed by atoms with Crippen molar-refractivity contribution in [2.75, 3.05) is 6.61 Å². The summed E-state index contributed by atoms with van der Waals surface area (Å²) in [6, 6.07) is 5.25. The summed E-state index contributed by atoms with van der Waals surface area (Å²) in [5.41, 5.74) is -0.0969. The van der Waals surface area contributed by atoms with E-state index in [1.54, 1.807) is 0 Å². The predicted octanol–water partition coefficient (Wildman–Crippen LogP) is 1.52. The first-order valence-corrected chi connectivity index (χ1v) is 8.10. The van der Waals surface area contributed by atoms with Crippen LogP contribution in [-0.4, -0.2) is 35.4 Å². The summed E-state index contributed by atoms with van der Waals surface area (Å²) in [5.74, 6) is -2.28.